The van der Waals surface area contributed by atoms with Crippen LogP contribution in [0.5, 0.6) is 0 Å². The van der Waals surface area contributed by atoms with Gasteiger partial charge >= 0.3 is 0 Å². The van der Waals surface area contributed by atoms with Gasteiger partial charge in [0.05, 0.1) is 0 Å². The van der Waals surface area contributed by atoms with E-state index in [1.807, 2.05) is 30.3 Å². The van der Waals surface area contributed by atoms with Gasteiger partial charge in [0.1, 0.15) is 5.60 Å². The number of nitrogens with zero attached hydrogens (tertiary/aromatic N) is 3. The number of aromatic nitrogens is 3. The Morgan fingerprint density at radius 2 is 1.82 bits per heavy atom. The summed E-state index contributed by atoms with van der Waals surface area (Å²) in [6.07, 6.45) is 4.58. The Morgan fingerprint density at radius 1 is 1.09 bits per heavy atom. The third-order valence-electron chi connectivity index (χ3n) is 3.57. The largest absolute Gasteiger partial charge is 0.380 e. The van der Waals surface area contributed by atoms with E-state index >= 15 is 0 Å². The molecule has 0 spiro atoms. The summed E-state index contributed by atoms with van der Waals surface area (Å²) in [5.41, 5.74) is 0.814. The van der Waals surface area contributed by atoms with E-state index in [0.717, 1.165) is 17.5 Å². The van der Waals surface area contributed by atoms with Gasteiger partial charge in [-0.25, -0.2) is 0 Å². The molecule has 22 heavy (non-hydrogen) atoms. The van der Waals surface area contributed by atoms with Gasteiger partial charge in [0.2, 0.25) is 5.82 Å². The Bertz CT molecular complexity index is 724. The number of rotatable bonds is 5. The van der Waals surface area contributed by atoms with E-state index in [1.165, 1.54) is 0 Å². The van der Waals surface area contributed by atoms with E-state index in [0.29, 0.717) is 12.2 Å². The summed E-state index contributed by atoms with van der Waals surface area (Å²) in [5.74, 6) is 0.688. The van der Waals surface area contributed by atoms with Gasteiger partial charge in [-0.2, -0.15) is 4.98 Å². The van der Waals surface area contributed by atoms with Crippen molar-refractivity contribution in [3.05, 3.63) is 66.3 Å². The van der Waals surface area contributed by atoms with Crippen LogP contribution < -0.4 is 0 Å². The fourth-order valence-electron chi connectivity index (χ4n) is 2.20. The molecule has 0 radical (unpaired) electrons. The molecular weight excluding hydrogens is 278 g/mol. The van der Waals surface area contributed by atoms with Crippen LogP contribution in [-0.4, -0.2) is 20.2 Å². The highest BCUT2D eigenvalue weighted by Crippen LogP contribution is 2.26. The average Bonchev–Trinajstić information content (AvgIpc) is 3.06. The molecule has 0 aliphatic rings. The number of benzene rings is 1. The first kappa shape index (κ1) is 14.4. The fraction of sp³-hybridized carbons (Fsp3) is 0.235. The molecule has 0 amide bonds. The molecule has 1 N–H and O–H groups in total. The molecule has 1 unspecified atom stereocenters. The molecule has 3 aromatic rings. The first-order valence-electron chi connectivity index (χ1n) is 7.16. The summed E-state index contributed by atoms with van der Waals surface area (Å²) < 4.78 is 5.24. The van der Waals surface area contributed by atoms with Gasteiger partial charge in [0, 0.05) is 18.0 Å². The highest BCUT2D eigenvalue weighted by atomic mass is 16.5. The van der Waals surface area contributed by atoms with Crippen molar-refractivity contribution in [2.45, 2.75) is 25.4 Å². The molecule has 0 aliphatic carbocycles. The van der Waals surface area contributed by atoms with E-state index < -0.39 is 5.60 Å². The number of hydrogen-bond acceptors (Lipinski definition) is 5. The van der Waals surface area contributed by atoms with Crippen LogP contribution in [0.1, 0.15) is 24.8 Å². The van der Waals surface area contributed by atoms with Crippen molar-refractivity contribution in [1.82, 2.24) is 15.1 Å². The molecule has 0 aliphatic heterocycles. The van der Waals surface area contributed by atoms with Crippen molar-refractivity contribution in [2.75, 3.05) is 0 Å². The monoisotopic (exact) mass is 295 g/mol. The minimum Gasteiger partial charge on any atom is -0.380 e. The van der Waals surface area contributed by atoms with Gasteiger partial charge in [0.25, 0.3) is 5.89 Å². The smallest absolute Gasteiger partial charge is 0.258 e. The van der Waals surface area contributed by atoms with Crippen molar-refractivity contribution in [3.8, 4) is 11.4 Å². The number of aryl methyl sites for hydroxylation is 1. The van der Waals surface area contributed by atoms with Crippen molar-refractivity contribution < 1.29 is 9.63 Å². The summed E-state index contributed by atoms with van der Waals surface area (Å²) >= 11 is 0. The van der Waals surface area contributed by atoms with Crippen LogP contribution in [0.15, 0.2) is 59.4 Å². The Morgan fingerprint density at radius 3 is 2.55 bits per heavy atom. The average molecular weight is 295 g/mol. The molecule has 112 valence electrons. The van der Waals surface area contributed by atoms with Gasteiger partial charge in [0.15, 0.2) is 0 Å². The minimum absolute atomic E-state index is 0.232. The molecule has 0 saturated heterocycles. The second kappa shape index (κ2) is 6.07. The van der Waals surface area contributed by atoms with E-state index in [-0.39, 0.29) is 5.89 Å². The lowest BCUT2D eigenvalue weighted by Crippen LogP contribution is -2.22. The molecule has 1 atom stereocenters. The third-order valence-corrected chi connectivity index (χ3v) is 3.57. The lowest BCUT2D eigenvalue weighted by Gasteiger charge is -2.18. The van der Waals surface area contributed by atoms with Gasteiger partial charge in [-0.15, -0.1) is 0 Å². The third kappa shape index (κ3) is 3.20. The first-order chi connectivity index (χ1) is 10.6. The maximum absolute atomic E-state index is 10.6. The van der Waals surface area contributed by atoms with E-state index in [9.17, 15) is 5.11 Å². The molecule has 3 rings (SSSR count). The Kier molecular flexibility index (Phi) is 3.98. The van der Waals surface area contributed by atoms with Crippen molar-refractivity contribution in [3.63, 3.8) is 0 Å². The van der Waals surface area contributed by atoms with Crippen molar-refractivity contribution in [1.29, 1.82) is 0 Å². The molecular formula is C17H17N3O2. The lowest BCUT2D eigenvalue weighted by atomic mass is 9.97. The van der Waals surface area contributed by atoms with Gasteiger partial charge in [-0.1, -0.05) is 35.5 Å². The molecule has 0 fully saturated rings. The standard InChI is InChI=1S/C17H17N3O2/c1-17(21,10-7-13-5-3-2-4-6-13)16-19-15(20-22-16)14-8-11-18-12-9-14/h2-6,8-9,11-12,21H,7,10H2,1H3. The topological polar surface area (TPSA) is 72.0 Å². The van der Waals surface area contributed by atoms with Crippen LogP contribution in [0.3, 0.4) is 0 Å². The van der Waals surface area contributed by atoms with Gasteiger partial charge < -0.3 is 9.63 Å². The number of hydrogen-bond donors (Lipinski definition) is 1. The molecule has 0 bridgehead atoms. The first-order valence-corrected chi connectivity index (χ1v) is 7.16. The summed E-state index contributed by atoms with van der Waals surface area (Å²) in [6, 6.07) is 13.6. The molecule has 2 aromatic heterocycles. The zero-order valence-corrected chi connectivity index (χ0v) is 12.3. The highest BCUT2D eigenvalue weighted by Gasteiger charge is 2.30. The van der Waals surface area contributed by atoms with E-state index in [4.69, 9.17) is 4.52 Å². The zero-order valence-electron chi connectivity index (χ0n) is 12.3. The van der Waals surface area contributed by atoms with Crippen LogP contribution >= 0.6 is 0 Å². The maximum atomic E-state index is 10.6. The van der Waals surface area contributed by atoms with Crippen LogP contribution in [0.25, 0.3) is 11.4 Å². The summed E-state index contributed by atoms with van der Waals surface area (Å²) in [7, 11) is 0. The second-order valence-electron chi connectivity index (χ2n) is 5.42. The number of pyridine rings is 1. The lowest BCUT2D eigenvalue weighted by molar-refractivity contribution is 0.0147. The van der Waals surface area contributed by atoms with E-state index in [1.54, 1.807) is 31.5 Å². The normalized spacial score (nSPS) is 13.7. The zero-order chi connectivity index (χ0) is 15.4. The Balaban J connectivity index is 1.74. The summed E-state index contributed by atoms with van der Waals surface area (Å²) in [6.45, 7) is 1.69. The molecule has 0 saturated carbocycles. The SMILES string of the molecule is CC(O)(CCc1ccccc1)c1nc(-c2ccncc2)no1. The molecule has 1 aromatic carbocycles. The quantitative estimate of drug-likeness (QED) is 0.783. The van der Waals surface area contributed by atoms with E-state index in [2.05, 4.69) is 15.1 Å². The van der Waals surface area contributed by atoms with Crippen molar-refractivity contribution >= 4 is 0 Å². The summed E-state index contributed by atoms with van der Waals surface area (Å²) in [4.78, 5) is 8.26. The minimum atomic E-state index is -1.16. The number of aliphatic hydroxyl groups is 1. The molecule has 5 heteroatoms. The van der Waals surface area contributed by atoms with Gasteiger partial charge in [-0.3, -0.25) is 4.98 Å². The van der Waals surface area contributed by atoms with Gasteiger partial charge in [-0.05, 0) is 37.5 Å². The molecule has 5 nitrogen and oxygen atoms in total. The second-order valence-corrected chi connectivity index (χ2v) is 5.42. The Labute approximate surface area is 128 Å². The van der Waals surface area contributed by atoms with Crippen LogP contribution in [0.2, 0.25) is 0 Å². The predicted molar refractivity (Wildman–Crippen MR) is 81.9 cm³/mol. The maximum Gasteiger partial charge on any atom is 0.258 e. The fourth-order valence-corrected chi connectivity index (χ4v) is 2.20. The van der Waals surface area contributed by atoms with Crippen molar-refractivity contribution in [2.24, 2.45) is 0 Å². The molecule has 2 heterocycles. The Hall–Kier alpha value is -2.53. The highest BCUT2D eigenvalue weighted by molar-refractivity contribution is 5.52. The van der Waals surface area contributed by atoms with Crippen LogP contribution in [0, 0.1) is 0 Å². The predicted octanol–water partition coefficient (Wildman–Crippen LogP) is 2.97. The van der Waals surface area contributed by atoms with Crippen LogP contribution in [-0.2, 0) is 12.0 Å². The summed E-state index contributed by atoms with van der Waals surface area (Å²) in [5, 5.41) is 14.5. The van der Waals surface area contributed by atoms with Crippen LogP contribution in [0.4, 0.5) is 0 Å².